The number of hydrogen-bond acceptors (Lipinski definition) is 0. The lowest BCUT2D eigenvalue weighted by Crippen LogP contribution is -2.08. The molecule has 2 aliphatic carbocycles. The molecule has 0 aromatic carbocycles. The van der Waals surface area contributed by atoms with Crippen LogP contribution in [0.5, 0.6) is 0 Å². The third kappa shape index (κ3) is 0.654. The number of hydrogen-bond donors (Lipinski definition) is 0. The smallest absolute Gasteiger partial charge is 0.00741 e. The van der Waals surface area contributed by atoms with Crippen molar-refractivity contribution in [3.63, 3.8) is 0 Å². The lowest BCUT2D eigenvalue weighted by molar-refractivity contribution is 0.426. The summed E-state index contributed by atoms with van der Waals surface area (Å²) in [6.07, 6.45) is 6.07. The Morgan fingerprint density at radius 1 is 1.00 bits per heavy atom. The van der Waals surface area contributed by atoms with Crippen molar-refractivity contribution in [2.45, 2.75) is 34.1 Å². The summed E-state index contributed by atoms with van der Waals surface area (Å²) in [4.78, 5) is 0. The van der Waals surface area contributed by atoms with Crippen LogP contribution in [0.25, 0.3) is 0 Å². The molecule has 0 aromatic rings. The van der Waals surface area contributed by atoms with Gasteiger partial charge in [-0.1, -0.05) is 37.1 Å². The quantitative estimate of drug-likeness (QED) is 0.462. The van der Waals surface area contributed by atoms with E-state index in [0.717, 1.165) is 0 Å². The molecule has 0 saturated carbocycles. The van der Waals surface area contributed by atoms with E-state index >= 15 is 0 Å². The molecule has 0 saturated heterocycles. The minimum absolute atomic E-state index is 0.402. The van der Waals surface area contributed by atoms with Crippen molar-refractivity contribution in [2.75, 3.05) is 0 Å². The van der Waals surface area contributed by atoms with Gasteiger partial charge in [0.25, 0.3) is 0 Å². The first-order valence-corrected chi connectivity index (χ1v) is 4.37. The monoisotopic (exact) mass is 148 g/mol. The van der Waals surface area contributed by atoms with Crippen molar-refractivity contribution >= 4 is 0 Å². The van der Waals surface area contributed by atoms with Crippen LogP contribution < -0.4 is 0 Å². The van der Waals surface area contributed by atoms with E-state index in [1.54, 1.807) is 11.1 Å². The molecular weight excluding hydrogens is 132 g/mol. The van der Waals surface area contributed by atoms with Crippen molar-refractivity contribution in [3.8, 4) is 0 Å². The summed E-state index contributed by atoms with van der Waals surface area (Å²) >= 11 is 0. The third-order valence-corrected chi connectivity index (χ3v) is 3.83. The van der Waals surface area contributed by atoms with Crippen molar-refractivity contribution < 1.29 is 0 Å². The predicted molar refractivity (Wildman–Crippen MR) is 48.3 cm³/mol. The van der Waals surface area contributed by atoms with E-state index in [1.807, 2.05) is 0 Å². The zero-order valence-electron chi connectivity index (χ0n) is 7.86. The highest BCUT2D eigenvalue weighted by Crippen LogP contribution is 2.59. The fraction of sp³-hybridized carbons (Fsp3) is 0.636. The molecule has 2 unspecified atom stereocenters. The van der Waals surface area contributed by atoms with Gasteiger partial charge in [-0.05, 0) is 20.3 Å². The van der Waals surface area contributed by atoms with Crippen LogP contribution in [0.15, 0.2) is 23.3 Å². The highest BCUT2D eigenvalue weighted by molar-refractivity contribution is 5.44. The lowest BCUT2D eigenvalue weighted by Gasteiger charge is -2.20. The summed E-state index contributed by atoms with van der Waals surface area (Å²) in [6.45, 7) is 9.26. The summed E-state index contributed by atoms with van der Waals surface area (Å²) in [7, 11) is 0. The van der Waals surface area contributed by atoms with E-state index in [1.165, 1.54) is 6.42 Å². The maximum Gasteiger partial charge on any atom is 0.00741 e. The average Bonchev–Trinajstić information content (AvgIpc) is 2.32. The lowest BCUT2D eigenvalue weighted by atomic mass is 9.85. The van der Waals surface area contributed by atoms with Crippen LogP contribution in [-0.4, -0.2) is 0 Å². The Bertz CT molecular complexity index is 244. The van der Waals surface area contributed by atoms with Crippen LogP contribution in [0.3, 0.4) is 0 Å². The Kier molecular flexibility index (Phi) is 1.06. The van der Waals surface area contributed by atoms with Gasteiger partial charge < -0.3 is 0 Å². The first-order chi connectivity index (χ1) is 4.98. The molecule has 0 radical (unpaired) electrons. The van der Waals surface area contributed by atoms with E-state index in [4.69, 9.17) is 0 Å². The van der Waals surface area contributed by atoms with Gasteiger partial charge in [-0.2, -0.15) is 0 Å². The Labute approximate surface area is 69.0 Å². The largest absolute Gasteiger partial charge is 0.0776 e. The molecule has 60 valence electrons. The first-order valence-electron chi connectivity index (χ1n) is 4.37. The fourth-order valence-electron chi connectivity index (χ4n) is 2.62. The second-order valence-electron chi connectivity index (χ2n) is 4.60. The van der Waals surface area contributed by atoms with Crippen molar-refractivity contribution in [2.24, 2.45) is 10.8 Å². The number of rotatable bonds is 0. The first kappa shape index (κ1) is 7.15. The fourth-order valence-corrected chi connectivity index (χ4v) is 2.62. The van der Waals surface area contributed by atoms with Gasteiger partial charge in [-0.15, -0.1) is 0 Å². The van der Waals surface area contributed by atoms with Crippen molar-refractivity contribution in [1.82, 2.24) is 0 Å². The zero-order chi connectivity index (χ0) is 8.28. The summed E-state index contributed by atoms with van der Waals surface area (Å²) in [5.74, 6) is 0. The van der Waals surface area contributed by atoms with Crippen LogP contribution >= 0.6 is 0 Å². The van der Waals surface area contributed by atoms with Crippen LogP contribution in [0, 0.1) is 10.8 Å². The topological polar surface area (TPSA) is 0 Å². The van der Waals surface area contributed by atoms with Gasteiger partial charge in [0.05, 0.1) is 0 Å². The normalized spacial score (nSPS) is 47.6. The Balaban J connectivity index is 2.58. The minimum Gasteiger partial charge on any atom is -0.0776 e. The molecule has 0 heterocycles. The Hall–Kier alpha value is -0.520. The van der Waals surface area contributed by atoms with Gasteiger partial charge in [-0.3, -0.25) is 0 Å². The molecular formula is C11H16. The molecule has 0 nitrogen and oxygen atoms in total. The van der Waals surface area contributed by atoms with Gasteiger partial charge in [0.2, 0.25) is 0 Å². The molecule has 0 spiro atoms. The Morgan fingerprint density at radius 2 is 1.36 bits per heavy atom. The Morgan fingerprint density at radius 3 is 1.55 bits per heavy atom. The van der Waals surface area contributed by atoms with Crippen LogP contribution in [0.2, 0.25) is 0 Å². The summed E-state index contributed by atoms with van der Waals surface area (Å²) in [5.41, 5.74) is 4.00. The molecule has 0 fully saturated rings. The molecule has 0 N–H and O–H groups in total. The second-order valence-corrected chi connectivity index (χ2v) is 4.60. The van der Waals surface area contributed by atoms with E-state index < -0.39 is 0 Å². The van der Waals surface area contributed by atoms with Gasteiger partial charge in [0.1, 0.15) is 0 Å². The van der Waals surface area contributed by atoms with Crippen LogP contribution in [0.1, 0.15) is 34.1 Å². The zero-order valence-corrected chi connectivity index (χ0v) is 7.86. The SMILES string of the molecule is CC1=C(C)C2(C)C=CC1(C)C2. The maximum atomic E-state index is 2.38. The molecule has 2 bridgehead atoms. The predicted octanol–water partition coefficient (Wildman–Crippen LogP) is 3.31. The molecule has 2 atom stereocenters. The minimum atomic E-state index is 0.402. The number of fused-ring (bicyclic) bond motifs is 2. The van der Waals surface area contributed by atoms with E-state index in [9.17, 15) is 0 Å². The van der Waals surface area contributed by atoms with Gasteiger partial charge in [-0.25, -0.2) is 0 Å². The molecule has 2 rings (SSSR count). The van der Waals surface area contributed by atoms with Gasteiger partial charge in [0, 0.05) is 10.8 Å². The third-order valence-electron chi connectivity index (χ3n) is 3.83. The number of allylic oxidation sites excluding steroid dienone is 4. The molecule has 0 amide bonds. The maximum absolute atomic E-state index is 2.38. The van der Waals surface area contributed by atoms with Gasteiger partial charge in [0.15, 0.2) is 0 Å². The van der Waals surface area contributed by atoms with E-state index in [0.29, 0.717) is 10.8 Å². The van der Waals surface area contributed by atoms with Crippen LogP contribution in [-0.2, 0) is 0 Å². The molecule has 2 aliphatic rings. The molecule has 0 aliphatic heterocycles. The summed E-state index contributed by atoms with van der Waals surface area (Å²) < 4.78 is 0. The molecule has 11 heavy (non-hydrogen) atoms. The molecule has 0 heteroatoms. The highest BCUT2D eigenvalue weighted by Gasteiger charge is 2.47. The van der Waals surface area contributed by atoms with E-state index in [-0.39, 0.29) is 0 Å². The van der Waals surface area contributed by atoms with Crippen LogP contribution in [0.4, 0.5) is 0 Å². The summed E-state index contributed by atoms with van der Waals surface area (Å²) in [6, 6.07) is 0. The van der Waals surface area contributed by atoms with E-state index in [2.05, 4.69) is 39.8 Å². The van der Waals surface area contributed by atoms with Gasteiger partial charge >= 0.3 is 0 Å². The highest BCUT2D eigenvalue weighted by atomic mass is 14.5. The van der Waals surface area contributed by atoms with Crippen molar-refractivity contribution in [3.05, 3.63) is 23.3 Å². The summed E-state index contributed by atoms with van der Waals surface area (Å²) in [5, 5.41) is 0. The average molecular weight is 148 g/mol. The van der Waals surface area contributed by atoms with Crippen molar-refractivity contribution in [1.29, 1.82) is 0 Å². The molecule has 0 aromatic heterocycles. The second kappa shape index (κ2) is 1.63. The standard InChI is InChI=1S/C11H16/c1-8-9(2)11(4)6-5-10(8,3)7-11/h5-6H,7H2,1-4H3.